The number of rotatable bonds is 85. The summed E-state index contributed by atoms with van der Waals surface area (Å²) in [6.07, 6.45) is 114. The van der Waals surface area contributed by atoms with Gasteiger partial charge in [0.25, 0.3) is 0 Å². The summed E-state index contributed by atoms with van der Waals surface area (Å²) in [4.78, 5) is 58.9. The lowest BCUT2D eigenvalue weighted by atomic mass is 10.0. The molecule has 5 atom stereocenters. The third-order valence-electron chi connectivity index (χ3n) is 18.9. The predicted molar refractivity (Wildman–Crippen MR) is 482 cm³/mol. The average molecular weight is 1650 g/mol. The second-order valence-electron chi connectivity index (χ2n) is 30.0. The maximum atomic E-state index is 13.0. The van der Waals surface area contributed by atoms with Crippen molar-refractivity contribution in [2.75, 3.05) is 39.6 Å². The standard InChI is InChI=1S/C97H164O16P2/c1-4-7-10-13-16-19-22-25-28-30-32-34-36-38-40-42-44-45-47-49-50-52-54-56-58-60-63-65-68-71-74-77-80-83-95(100)107-86-92(98)87-109-114(103,104)110-88-93(99)89-111-115(105,106)112-91-94(113-97(102)85-82-79-76-73-70-67-62-27-24-21-18-15-12-9-6-3)90-108-96(101)84-81-78-75-72-69-66-64-61-59-57-55-53-51-48-46-43-41-39-37-35-33-31-29-26-23-20-17-14-11-8-5-2/h7-12,16-21,25-29,32-35,38-41,44-45,62,92-94,98-99H,4-6,13-15,22-24,30-31,36-37,42-43,46-61,63-91H2,1-3H3,(H,103,104)(H,105,106)/b10-7-,11-8-,12-9-,19-16-,20-17-,21-18-,28-25-,29-26-,34-32-,35-33-,40-38-,41-39-,45-44-,62-27-. The largest absolute Gasteiger partial charge is 0.472 e. The first-order valence-corrected chi connectivity index (χ1v) is 48.4. The van der Waals surface area contributed by atoms with Gasteiger partial charge in [0, 0.05) is 19.3 Å². The van der Waals surface area contributed by atoms with Crippen LogP contribution in [0.4, 0.5) is 0 Å². The Morgan fingerprint density at radius 1 is 0.243 bits per heavy atom. The van der Waals surface area contributed by atoms with E-state index in [0.717, 1.165) is 167 Å². The first-order valence-electron chi connectivity index (χ1n) is 45.4. The maximum absolute atomic E-state index is 13.0. The molecule has 0 aliphatic rings. The van der Waals surface area contributed by atoms with Gasteiger partial charge in [0.05, 0.1) is 26.4 Å². The second kappa shape index (κ2) is 88.2. The van der Waals surface area contributed by atoms with Gasteiger partial charge in [-0.2, -0.15) is 0 Å². The van der Waals surface area contributed by atoms with Crippen LogP contribution < -0.4 is 0 Å². The number of unbranched alkanes of at least 4 members (excludes halogenated alkanes) is 34. The van der Waals surface area contributed by atoms with Gasteiger partial charge in [-0.1, -0.05) is 371 Å². The van der Waals surface area contributed by atoms with Crippen LogP contribution >= 0.6 is 15.6 Å². The molecule has 4 N–H and O–H groups in total. The van der Waals surface area contributed by atoms with Crippen molar-refractivity contribution in [1.82, 2.24) is 0 Å². The molecule has 16 nitrogen and oxygen atoms in total. The molecule has 0 spiro atoms. The van der Waals surface area contributed by atoms with Crippen molar-refractivity contribution in [1.29, 1.82) is 0 Å². The minimum atomic E-state index is -4.94. The fourth-order valence-electron chi connectivity index (χ4n) is 12.1. The fraction of sp³-hybridized carbons (Fsp3) is 0.680. The van der Waals surface area contributed by atoms with E-state index in [1.54, 1.807) is 0 Å². The Kier molecular flexibility index (Phi) is 84.3. The average Bonchev–Trinajstić information content (AvgIpc) is 0.898. The minimum Gasteiger partial charge on any atom is -0.463 e. The van der Waals surface area contributed by atoms with E-state index in [4.69, 9.17) is 32.3 Å². The zero-order chi connectivity index (χ0) is 83.6. The molecule has 0 fully saturated rings. The Hall–Kier alpha value is -5.09. The highest BCUT2D eigenvalue weighted by Gasteiger charge is 2.29. The highest BCUT2D eigenvalue weighted by atomic mass is 31.2. The van der Waals surface area contributed by atoms with Crippen molar-refractivity contribution < 1.29 is 75.8 Å². The predicted octanol–water partition coefficient (Wildman–Crippen LogP) is 27.9. The second-order valence-corrected chi connectivity index (χ2v) is 32.9. The van der Waals surface area contributed by atoms with Crippen LogP contribution in [0.3, 0.4) is 0 Å². The smallest absolute Gasteiger partial charge is 0.463 e. The van der Waals surface area contributed by atoms with Gasteiger partial charge in [0.2, 0.25) is 0 Å². The van der Waals surface area contributed by atoms with Crippen LogP contribution in [0.15, 0.2) is 170 Å². The number of esters is 3. The number of carbonyl (C=O) groups excluding carboxylic acids is 3. The van der Waals surface area contributed by atoms with Crippen LogP contribution in [0.25, 0.3) is 0 Å². The van der Waals surface area contributed by atoms with Crippen molar-refractivity contribution in [3.05, 3.63) is 170 Å². The molecule has 0 aromatic heterocycles. The minimum absolute atomic E-state index is 0.0827. The number of phosphoric ester groups is 2. The molecule has 18 heteroatoms. The summed E-state index contributed by atoms with van der Waals surface area (Å²) in [5.74, 6) is -1.59. The molecule has 0 heterocycles. The zero-order valence-electron chi connectivity index (χ0n) is 72.4. The van der Waals surface area contributed by atoms with Gasteiger partial charge in [-0.15, -0.1) is 0 Å². The summed E-state index contributed by atoms with van der Waals surface area (Å²) in [6, 6.07) is 0. The number of hydrogen-bond donors (Lipinski definition) is 4. The molecule has 0 aliphatic heterocycles. The molecule has 0 rings (SSSR count). The molecule has 0 bridgehead atoms. The van der Waals surface area contributed by atoms with E-state index < -0.39 is 91.5 Å². The summed E-state index contributed by atoms with van der Waals surface area (Å²) in [5.41, 5.74) is 0. The molecule has 0 aromatic carbocycles. The van der Waals surface area contributed by atoms with Gasteiger partial charge in [0.15, 0.2) is 6.10 Å². The van der Waals surface area contributed by atoms with Crippen LogP contribution in [-0.4, -0.2) is 95.9 Å². The molecule has 0 aliphatic carbocycles. The molecule has 0 amide bonds. The van der Waals surface area contributed by atoms with Gasteiger partial charge in [-0.25, -0.2) is 9.13 Å². The lowest BCUT2D eigenvalue weighted by Crippen LogP contribution is -2.30. The molecule has 0 saturated heterocycles. The Bertz CT molecular complexity index is 2770. The number of hydrogen-bond acceptors (Lipinski definition) is 14. The third kappa shape index (κ3) is 89.5. The third-order valence-corrected chi connectivity index (χ3v) is 20.8. The highest BCUT2D eigenvalue weighted by Crippen LogP contribution is 2.45. The number of aliphatic hydroxyl groups excluding tert-OH is 2. The first kappa shape index (κ1) is 110. The molecule has 0 aromatic rings. The number of carbonyl (C=O) groups is 3. The van der Waals surface area contributed by atoms with Crippen molar-refractivity contribution >= 4 is 33.6 Å². The van der Waals surface area contributed by atoms with Crippen LogP contribution in [0, 0.1) is 0 Å². The van der Waals surface area contributed by atoms with E-state index in [1.165, 1.54) is 141 Å². The lowest BCUT2D eigenvalue weighted by molar-refractivity contribution is -0.161. The van der Waals surface area contributed by atoms with Gasteiger partial charge >= 0.3 is 33.6 Å². The van der Waals surface area contributed by atoms with E-state index in [0.29, 0.717) is 19.3 Å². The van der Waals surface area contributed by atoms with E-state index in [-0.39, 0.29) is 19.3 Å². The van der Waals surface area contributed by atoms with Crippen molar-refractivity contribution in [3.63, 3.8) is 0 Å². The summed E-state index contributed by atoms with van der Waals surface area (Å²) in [7, 11) is -9.81. The van der Waals surface area contributed by atoms with Gasteiger partial charge < -0.3 is 34.2 Å². The van der Waals surface area contributed by atoms with Crippen molar-refractivity contribution in [2.24, 2.45) is 0 Å². The maximum Gasteiger partial charge on any atom is 0.472 e. The summed E-state index contributed by atoms with van der Waals surface area (Å²) in [6.45, 7) is 2.35. The zero-order valence-corrected chi connectivity index (χ0v) is 74.2. The Labute approximate surface area is 701 Å². The van der Waals surface area contributed by atoms with Gasteiger partial charge in [0.1, 0.15) is 25.4 Å². The summed E-state index contributed by atoms with van der Waals surface area (Å²) >= 11 is 0. The first-order chi connectivity index (χ1) is 56.2. The number of ether oxygens (including phenoxy) is 3. The Morgan fingerprint density at radius 3 is 0.687 bits per heavy atom. The van der Waals surface area contributed by atoms with E-state index in [1.807, 2.05) is 0 Å². The van der Waals surface area contributed by atoms with E-state index in [2.05, 4.69) is 191 Å². The van der Waals surface area contributed by atoms with Crippen molar-refractivity contribution in [3.8, 4) is 0 Å². The Balaban J connectivity index is 4.46. The lowest BCUT2D eigenvalue weighted by Gasteiger charge is -2.21. The van der Waals surface area contributed by atoms with E-state index in [9.17, 15) is 43.5 Å². The quantitative estimate of drug-likeness (QED) is 0.0146. The van der Waals surface area contributed by atoms with Crippen molar-refractivity contribution in [2.45, 2.75) is 386 Å². The molecular weight excluding hydrogens is 1480 g/mol. The number of phosphoric acid groups is 2. The summed E-state index contributed by atoms with van der Waals surface area (Å²) in [5, 5.41) is 20.7. The van der Waals surface area contributed by atoms with Crippen LogP contribution in [0.2, 0.25) is 0 Å². The molecule has 115 heavy (non-hydrogen) atoms. The van der Waals surface area contributed by atoms with Crippen LogP contribution in [0.5, 0.6) is 0 Å². The SMILES string of the molecule is CC/C=C\C/C=C\C/C=C\C/C=C\C/C=C\C/C=C\CCCCCCCCCCCCCCCCC(=O)OCC(O)COP(=O)(O)OCC(O)COP(=O)(O)OCC(COC(=O)CCCCCCCCCCCCCCCCC/C=C\C/C=C\C/C=C\C/C=C\C/C=C\CC)OC(=O)CCCCCCC/C=C\C/C=C\C/C=C\CC. The van der Waals surface area contributed by atoms with Crippen LogP contribution in [-0.2, 0) is 55.8 Å². The molecule has 5 unspecified atom stereocenters. The Morgan fingerprint density at radius 2 is 0.435 bits per heavy atom. The normalized spacial score (nSPS) is 14.6. The monoisotopic (exact) mass is 1650 g/mol. The van der Waals surface area contributed by atoms with Gasteiger partial charge in [-0.05, 0) is 148 Å². The van der Waals surface area contributed by atoms with Gasteiger partial charge in [-0.3, -0.25) is 32.5 Å². The number of allylic oxidation sites excluding steroid dienone is 28. The molecule has 0 saturated carbocycles. The fourth-order valence-corrected chi connectivity index (χ4v) is 13.7. The summed E-state index contributed by atoms with van der Waals surface area (Å²) < 4.78 is 61.4. The van der Waals surface area contributed by atoms with Crippen LogP contribution in [0.1, 0.15) is 367 Å². The number of aliphatic hydroxyl groups is 2. The highest BCUT2D eigenvalue weighted by molar-refractivity contribution is 7.47. The molecule has 0 radical (unpaired) electrons. The topological polar surface area (TPSA) is 231 Å². The molecule has 658 valence electrons. The molecular formula is C97H164O16P2. The van der Waals surface area contributed by atoms with E-state index >= 15 is 0 Å².